The predicted molar refractivity (Wildman–Crippen MR) is 84.4 cm³/mol. The van der Waals surface area contributed by atoms with Crippen molar-refractivity contribution in [2.24, 2.45) is 0 Å². The summed E-state index contributed by atoms with van der Waals surface area (Å²) in [5, 5.41) is 8.58. The van der Waals surface area contributed by atoms with Crippen molar-refractivity contribution in [3.05, 3.63) is 59.3 Å². The summed E-state index contributed by atoms with van der Waals surface area (Å²) in [6.45, 7) is 6.40. The zero-order valence-electron chi connectivity index (χ0n) is 11.9. The Labute approximate surface area is 117 Å². The predicted octanol–water partition coefficient (Wildman–Crippen LogP) is 4.57. The zero-order valence-corrected chi connectivity index (χ0v) is 11.9. The lowest BCUT2D eigenvalue weighted by Crippen LogP contribution is -1.94. The van der Waals surface area contributed by atoms with Gasteiger partial charge in [0.1, 0.15) is 0 Å². The van der Waals surface area contributed by atoms with Crippen molar-refractivity contribution >= 4 is 27.2 Å². The molecular weight excluding hydrogens is 244 g/mol. The molecule has 0 aliphatic heterocycles. The second kappa shape index (κ2) is 3.83. The number of benzene rings is 2. The van der Waals surface area contributed by atoms with Crippen LogP contribution >= 0.6 is 0 Å². The molecule has 0 atom stereocenters. The number of hydrogen-bond acceptors (Lipinski definition) is 1. The molecule has 20 heavy (non-hydrogen) atoms. The molecule has 0 unspecified atom stereocenters. The van der Waals surface area contributed by atoms with Crippen molar-refractivity contribution in [3.8, 4) is 0 Å². The smallest absolute Gasteiger partial charge is 0.0752 e. The number of rotatable bonds is 0. The number of aryl methyl sites for hydroxylation is 3. The largest absolute Gasteiger partial charge is 0.232 e. The van der Waals surface area contributed by atoms with E-state index < -0.39 is 0 Å². The molecule has 2 heteroatoms. The molecule has 98 valence electrons. The van der Waals surface area contributed by atoms with E-state index in [0.29, 0.717) is 0 Å². The number of nitrogens with zero attached hydrogens (tertiary/aromatic N) is 2. The van der Waals surface area contributed by atoms with Gasteiger partial charge in [0, 0.05) is 10.8 Å². The van der Waals surface area contributed by atoms with Gasteiger partial charge in [0.05, 0.1) is 16.7 Å². The minimum Gasteiger partial charge on any atom is -0.232 e. The fourth-order valence-electron chi connectivity index (χ4n) is 3.27. The van der Waals surface area contributed by atoms with E-state index >= 15 is 0 Å². The van der Waals surface area contributed by atoms with E-state index in [9.17, 15) is 0 Å². The highest BCUT2D eigenvalue weighted by Crippen LogP contribution is 2.32. The third-order valence-electron chi connectivity index (χ3n) is 3.99. The fraction of sp³-hybridized carbons (Fsp3) is 0.167. The Morgan fingerprint density at radius 2 is 1.65 bits per heavy atom. The molecule has 0 saturated carbocycles. The van der Waals surface area contributed by atoms with Crippen LogP contribution in [0.1, 0.15) is 16.8 Å². The highest BCUT2D eigenvalue weighted by atomic mass is 15.2. The molecule has 4 aromatic rings. The van der Waals surface area contributed by atoms with Crippen molar-refractivity contribution in [2.75, 3.05) is 0 Å². The standard InChI is InChI=1S/C18H16N2/c1-11-8-12(2)18-15(9-11)14-6-4-5-7-16(14)20-17(18)10-13(3)19-20/h4-10H,1-3H3. The van der Waals surface area contributed by atoms with Gasteiger partial charge in [-0.2, -0.15) is 5.10 Å². The van der Waals surface area contributed by atoms with E-state index in [-0.39, 0.29) is 0 Å². The number of pyridine rings is 1. The zero-order chi connectivity index (χ0) is 13.9. The molecule has 2 heterocycles. The van der Waals surface area contributed by atoms with Gasteiger partial charge in [-0.1, -0.05) is 35.9 Å². The van der Waals surface area contributed by atoms with Crippen LogP contribution in [0.5, 0.6) is 0 Å². The Hall–Kier alpha value is -2.35. The van der Waals surface area contributed by atoms with Gasteiger partial charge in [0.2, 0.25) is 0 Å². The maximum atomic E-state index is 4.67. The Morgan fingerprint density at radius 3 is 2.50 bits per heavy atom. The van der Waals surface area contributed by atoms with Gasteiger partial charge >= 0.3 is 0 Å². The molecule has 2 nitrogen and oxygen atoms in total. The lowest BCUT2D eigenvalue weighted by molar-refractivity contribution is 0.974. The lowest BCUT2D eigenvalue weighted by Gasteiger charge is -2.11. The van der Waals surface area contributed by atoms with Crippen molar-refractivity contribution in [2.45, 2.75) is 20.8 Å². The molecule has 0 spiro atoms. The Balaban J connectivity index is 2.45. The van der Waals surface area contributed by atoms with Crippen LogP contribution in [0, 0.1) is 20.8 Å². The average molecular weight is 260 g/mol. The molecule has 0 aliphatic rings. The quantitative estimate of drug-likeness (QED) is 0.423. The molecule has 2 aromatic heterocycles. The van der Waals surface area contributed by atoms with Crippen LogP contribution < -0.4 is 0 Å². The van der Waals surface area contributed by atoms with Gasteiger partial charge in [-0.3, -0.25) is 0 Å². The molecule has 4 rings (SSSR count). The third-order valence-corrected chi connectivity index (χ3v) is 3.99. The topological polar surface area (TPSA) is 17.3 Å². The minimum atomic E-state index is 1.06. The molecule has 0 amide bonds. The van der Waals surface area contributed by atoms with Gasteiger partial charge < -0.3 is 0 Å². The SMILES string of the molecule is Cc1cc(C)c2c(c1)c1ccccc1n1nc(C)cc21. The molecule has 0 saturated heterocycles. The van der Waals surface area contributed by atoms with Crippen LogP contribution in [0.15, 0.2) is 42.5 Å². The number of para-hydroxylation sites is 1. The van der Waals surface area contributed by atoms with Crippen molar-refractivity contribution in [1.29, 1.82) is 0 Å². The molecule has 2 aromatic carbocycles. The first kappa shape index (κ1) is 11.5. The second-order valence-corrected chi connectivity index (χ2v) is 5.60. The first-order chi connectivity index (χ1) is 9.65. The number of aromatic nitrogens is 2. The van der Waals surface area contributed by atoms with Crippen LogP contribution in [-0.4, -0.2) is 9.61 Å². The van der Waals surface area contributed by atoms with Crippen LogP contribution in [0.2, 0.25) is 0 Å². The lowest BCUT2D eigenvalue weighted by atomic mass is 9.98. The van der Waals surface area contributed by atoms with Gasteiger partial charge in [-0.25, -0.2) is 4.52 Å². The summed E-state index contributed by atoms with van der Waals surface area (Å²) in [4.78, 5) is 0. The monoisotopic (exact) mass is 260 g/mol. The van der Waals surface area contributed by atoms with Gasteiger partial charge in [0.15, 0.2) is 0 Å². The summed E-state index contributed by atoms with van der Waals surface area (Å²) >= 11 is 0. The molecule has 0 N–H and O–H groups in total. The first-order valence-corrected chi connectivity index (χ1v) is 6.93. The van der Waals surface area contributed by atoms with Crippen molar-refractivity contribution in [3.63, 3.8) is 0 Å². The summed E-state index contributed by atoms with van der Waals surface area (Å²) < 4.78 is 2.08. The molecule has 0 fully saturated rings. The molecule has 0 aliphatic carbocycles. The normalized spacial score (nSPS) is 11.8. The van der Waals surface area contributed by atoms with E-state index in [0.717, 1.165) is 5.69 Å². The average Bonchev–Trinajstić information content (AvgIpc) is 2.80. The second-order valence-electron chi connectivity index (χ2n) is 5.60. The Kier molecular flexibility index (Phi) is 2.19. The summed E-state index contributed by atoms with van der Waals surface area (Å²) in [6.07, 6.45) is 0. The maximum absolute atomic E-state index is 4.67. The summed E-state index contributed by atoms with van der Waals surface area (Å²) in [5.74, 6) is 0. The van der Waals surface area contributed by atoms with Crippen molar-refractivity contribution in [1.82, 2.24) is 9.61 Å². The van der Waals surface area contributed by atoms with Crippen LogP contribution in [0.4, 0.5) is 0 Å². The Bertz CT molecular complexity index is 977. The summed E-state index contributed by atoms with van der Waals surface area (Å²) in [7, 11) is 0. The number of fused-ring (bicyclic) bond motifs is 6. The fourth-order valence-corrected chi connectivity index (χ4v) is 3.27. The molecular formula is C18H16N2. The molecule has 0 radical (unpaired) electrons. The van der Waals surface area contributed by atoms with E-state index in [1.807, 2.05) is 0 Å². The minimum absolute atomic E-state index is 1.06. The van der Waals surface area contributed by atoms with E-state index in [1.54, 1.807) is 0 Å². The highest BCUT2D eigenvalue weighted by Gasteiger charge is 2.12. The van der Waals surface area contributed by atoms with E-state index in [4.69, 9.17) is 0 Å². The van der Waals surface area contributed by atoms with E-state index in [1.165, 1.54) is 38.3 Å². The van der Waals surface area contributed by atoms with Gasteiger partial charge in [0.25, 0.3) is 0 Å². The maximum Gasteiger partial charge on any atom is 0.0752 e. The van der Waals surface area contributed by atoms with Crippen LogP contribution in [0.25, 0.3) is 27.2 Å². The Morgan fingerprint density at radius 1 is 0.850 bits per heavy atom. The van der Waals surface area contributed by atoms with Gasteiger partial charge in [-0.05, 0) is 43.9 Å². The highest BCUT2D eigenvalue weighted by molar-refractivity contribution is 6.13. The number of hydrogen-bond donors (Lipinski definition) is 0. The van der Waals surface area contributed by atoms with Crippen LogP contribution in [-0.2, 0) is 0 Å². The molecule has 0 bridgehead atoms. The van der Waals surface area contributed by atoms with Crippen LogP contribution in [0.3, 0.4) is 0 Å². The third kappa shape index (κ3) is 1.42. The summed E-state index contributed by atoms with van der Waals surface area (Å²) in [5.41, 5.74) is 6.06. The summed E-state index contributed by atoms with van der Waals surface area (Å²) in [6, 6.07) is 15.2. The van der Waals surface area contributed by atoms with Crippen molar-refractivity contribution < 1.29 is 0 Å². The van der Waals surface area contributed by atoms with E-state index in [2.05, 4.69) is 72.8 Å². The van der Waals surface area contributed by atoms with Gasteiger partial charge in [-0.15, -0.1) is 0 Å². The first-order valence-electron chi connectivity index (χ1n) is 6.93.